The first-order chi connectivity index (χ1) is 14.7. The van der Waals surface area contributed by atoms with E-state index in [-0.39, 0.29) is 11.8 Å². The highest BCUT2D eigenvalue weighted by molar-refractivity contribution is 6.09. The van der Waals surface area contributed by atoms with Crippen molar-refractivity contribution < 1.29 is 14.3 Å². The molecule has 0 atom stereocenters. The Morgan fingerprint density at radius 2 is 1.63 bits per heavy atom. The average molecular weight is 410 g/mol. The van der Waals surface area contributed by atoms with Gasteiger partial charge in [-0.3, -0.25) is 14.5 Å². The Balaban J connectivity index is 1.61. The summed E-state index contributed by atoms with van der Waals surface area (Å²) < 4.78 is 4.96. The summed E-state index contributed by atoms with van der Waals surface area (Å²) in [6.45, 7) is 4.06. The van der Waals surface area contributed by atoms with E-state index in [1.54, 1.807) is 31.4 Å². The standard InChI is InChI=1S/C24H31N3O3/c1-30-17-14-25-24(29)21-8-4-5-9-22(21)26-23(28)20-12-10-19(11-13-20)18-27-15-6-2-3-7-16-27/h4-5,8-13H,2-3,6-7,14-18H2,1H3,(H,25,29)(H,26,28). The van der Waals surface area contributed by atoms with E-state index in [0.29, 0.717) is 30.0 Å². The van der Waals surface area contributed by atoms with Gasteiger partial charge in [0.1, 0.15) is 0 Å². The third-order valence-corrected chi connectivity index (χ3v) is 5.33. The van der Waals surface area contributed by atoms with Gasteiger partial charge in [0.2, 0.25) is 0 Å². The predicted octanol–water partition coefficient (Wildman–Crippen LogP) is 3.69. The molecule has 160 valence electrons. The number of ether oxygens (including phenoxy) is 1. The second kappa shape index (κ2) is 11.5. The van der Waals surface area contributed by atoms with Crippen LogP contribution in [-0.4, -0.2) is 50.1 Å². The van der Waals surface area contributed by atoms with Gasteiger partial charge in [0.05, 0.1) is 17.9 Å². The minimum atomic E-state index is -0.240. The smallest absolute Gasteiger partial charge is 0.255 e. The second-order valence-corrected chi connectivity index (χ2v) is 7.64. The maximum Gasteiger partial charge on any atom is 0.255 e. The summed E-state index contributed by atoms with van der Waals surface area (Å²) in [6, 6.07) is 14.7. The third kappa shape index (κ3) is 6.40. The summed E-state index contributed by atoms with van der Waals surface area (Å²) in [6.07, 6.45) is 5.17. The van der Waals surface area contributed by atoms with Crippen molar-refractivity contribution >= 4 is 17.5 Å². The van der Waals surface area contributed by atoms with Gasteiger partial charge in [0.15, 0.2) is 0 Å². The number of benzene rings is 2. The van der Waals surface area contributed by atoms with Crippen LogP contribution in [0.4, 0.5) is 5.69 Å². The fraction of sp³-hybridized carbons (Fsp3) is 0.417. The van der Waals surface area contributed by atoms with E-state index in [9.17, 15) is 9.59 Å². The van der Waals surface area contributed by atoms with Crippen LogP contribution in [0.2, 0.25) is 0 Å². The number of likely N-dealkylation sites (tertiary alicyclic amines) is 1. The number of nitrogens with one attached hydrogen (secondary N) is 2. The van der Waals surface area contributed by atoms with Crippen molar-refractivity contribution in [2.24, 2.45) is 0 Å². The summed E-state index contributed by atoms with van der Waals surface area (Å²) in [5.41, 5.74) is 2.71. The molecule has 6 nitrogen and oxygen atoms in total. The van der Waals surface area contributed by atoms with Crippen LogP contribution in [0.3, 0.4) is 0 Å². The molecule has 0 aromatic heterocycles. The number of carbonyl (C=O) groups is 2. The van der Waals surface area contributed by atoms with E-state index >= 15 is 0 Å². The molecular formula is C24H31N3O3. The zero-order valence-corrected chi connectivity index (χ0v) is 17.7. The average Bonchev–Trinajstić information content (AvgIpc) is 3.03. The van der Waals surface area contributed by atoms with E-state index in [2.05, 4.69) is 15.5 Å². The molecule has 2 amide bonds. The van der Waals surface area contributed by atoms with E-state index < -0.39 is 0 Å². The summed E-state index contributed by atoms with van der Waals surface area (Å²) in [7, 11) is 1.58. The molecule has 0 spiro atoms. The van der Waals surface area contributed by atoms with Crippen LogP contribution >= 0.6 is 0 Å². The zero-order valence-electron chi connectivity index (χ0n) is 17.7. The van der Waals surface area contributed by atoms with E-state index in [1.807, 2.05) is 24.3 Å². The van der Waals surface area contributed by atoms with Crippen molar-refractivity contribution in [1.29, 1.82) is 0 Å². The molecule has 0 bridgehead atoms. The van der Waals surface area contributed by atoms with Crippen LogP contribution in [-0.2, 0) is 11.3 Å². The Kier molecular flexibility index (Phi) is 8.41. The van der Waals surface area contributed by atoms with Gasteiger partial charge in [0.25, 0.3) is 11.8 Å². The molecular weight excluding hydrogens is 378 g/mol. The van der Waals surface area contributed by atoms with Crippen molar-refractivity contribution in [3.8, 4) is 0 Å². The van der Waals surface area contributed by atoms with Gasteiger partial charge in [0, 0.05) is 25.8 Å². The molecule has 3 rings (SSSR count). The molecule has 0 aliphatic carbocycles. The van der Waals surface area contributed by atoms with Gasteiger partial charge in [-0.15, -0.1) is 0 Å². The van der Waals surface area contributed by atoms with Crippen molar-refractivity contribution in [3.05, 3.63) is 65.2 Å². The number of hydrogen-bond acceptors (Lipinski definition) is 4. The topological polar surface area (TPSA) is 70.7 Å². The van der Waals surface area contributed by atoms with Gasteiger partial charge in [-0.1, -0.05) is 37.1 Å². The van der Waals surface area contributed by atoms with E-state index in [1.165, 1.54) is 31.2 Å². The van der Waals surface area contributed by atoms with Crippen LogP contribution in [0.15, 0.2) is 48.5 Å². The highest BCUT2D eigenvalue weighted by atomic mass is 16.5. The van der Waals surface area contributed by atoms with Gasteiger partial charge in [-0.25, -0.2) is 0 Å². The van der Waals surface area contributed by atoms with Crippen LogP contribution < -0.4 is 10.6 Å². The third-order valence-electron chi connectivity index (χ3n) is 5.33. The largest absolute Gasteiger partial charge is 0.383 e. The lowest BCUT2D eigenvalue weighted by atomic mass is 10.1. The SMILES string of the molecule is COCCNC(=O)c1ccccc1NC(=O)c1ccc(CN2CCCCCC2)cc1. The van der Waals surface area contributed by atoms with E-state index in [0.717, 1.165) is 19.6 Å². The number of amides is 2. The van der Waals surface area contributed by atoms with Crippen molar-refractivity contribution in [2.75, 3.05) is 38.7 Å². The van der Waals surface area contributed by atoms with Crippen LogP contribution in [0, 0.1) is 0 Å². The first kappa shape index (κ1) is 22.0. The second-order valence-electron chi connectivity index (χ2n) is 7.64. The Morgan fingerprint density at radius 1 is 0.933 bits per heavy atom. The first-order valence-corrected chi connectivity index (χ1v) is 10.7. The molecule has 0 unspecified atom stereocenters. The monoisotopic (exact) mass is 409 g/mol. The molecule has 1 aliphatic rings. The van der Waals surface area contributed by atoms with Crippen LogP contribution in [0.25, 0.3) is 0 Å². The van der Waals surface area contributed by atoms with Gasteiger partial charge in [-0.05, 0) is 55.8 Å². The highest BCUT2D eigenvalue weighted by Crippen LogP contribution is 2.18. The molecule has 1 heterocycles. The number of nitrogens with zero attached hydrogens (tertiary/aromatic N) is 1. The molecule has 0 radical (unpaired) electrons. The number of para-hydroxylation sites is 1. The molecule has 1 aliphatic heterocycles. The normalized spacial score (nSPS) is 14.7. The van der Waals surface area contributed by atoms with Crippen molar-refractivity contribution in [2.45, 2.75) is 32.2 Å². The summed E-state index contributed by atoms with van der Waals surface area (Å²) in [4.78, 5) is 27.6. The summed E-state index contributed by atoms with van der Waals surface area (Å²) in [5.74, 6) is -0.468. The lowest BCUT2D eigenvalue weighted by molar-refractivity contribution is 0.0938. The molecule has 2 aromatic carbocycles. The molecule has 6 heteroatoms. The Hall–Kier alpha value is -2.70. The minimum Gasteiger partial charge on any atom is -0.383 e. The van der Waals surface area contributed by atoms with Gasteiger partial charge in [-0.2, -0.15) is 0 Å². The fourth-order valence-electron chi connectivity index (χ4n) is 3.66. The number of methoxy groups -OCH3 is 1. The quantitative estimate of drug-likeness (QED) is 0.653. The van der Waals surface area contributed by atoms with Crippen LogP contribution in [0.5, 0.6) is 0 Å². The van der Waals surface area contributed by atoms with Gasteiger partial charge >= 0.3 is 0 Å². The molecule has 2 N–H and O–H groups in total. The maximum atomic E-state index is 12.7. The molecule has 2 aromatic rings. The zero-order chi connectivity index (χ0) is 21.2. The molecule has 1 fully saturated rings. The fourth-order valence-corrected chi connectivity index (χ4v) is 3.66. The lowest BCUT2D eigenvalue weighted by Crippen LogP contribution is -2.28. The lowest BCUT2D eigenvalue weighted by Gasteiger charge is -2.19. The Bertz CT molecular complexity index is 828. The maximum absolute atomic E-state index is 12.7. The van der Waals surface area contributed by atoms with Crippen molar-refractivity contribution in [3.63, 3.8) is 0 Å². The van der Waals surface area contributed by atoms with Gasteiger partial charge < -0.3 is 15.4 Å². The number of rotatable bonds is 8. The highest BCUT2D eigenvalue weighted by Gasteiger charge is 2.14. The Labute approximate surface area is 178 Å². The van der Waals surface area contributed by atoms with E-state index in [4.69, 9.17) is 4.74 Å². The summed E-state index contributed by atoms with van der Waals surface area (Å²) >= 11 is 0. The Morgan fingerprint density at radius 3 is 2.33 bits per heavy atom. The molecule has 0 saturated carbocycles. The predicted molar refractivity (Wildman–Crippen MR) is 119 cm³/mol. The first-order valence-electron chi connectivity index (χ1n) is 10.7. The number of anilines is 1. The molecule has 30 heavy (non-hydrogen) atoms. The number of hydrogen-bond donors (Lipinski definition) is 2. The minimum absolute atomic E-state index is 0.228. The summed E-state index contributed by atoms with van der Waals surface area (Å²) in [5, 5.41) is 5.65. The number of carbonyl (C=O) groups excluding carboxylic acids is 2. The van der Waals surface area contributed by atoms with Crippen molar-refractivity contribution in [1.82, 2.24) is 10.2 Å². The molecule has 1 saturated heterocycles. The van der Waals surface area contributed by atoms with Crippen LogP contribution in [0.1, 0.15) is 52.0 Å².